The Morgan fingerprint density at radius 1 is 1.19 bits per heavy atom. The Hall–Kier alpha value is -1.68. The molecule has 0 aliphatic rings. The molecule has 2 nitrogen and oxygen atoms in total. The minimum Gasteiger partial charge on any atom is -0.346 e. The monoisotopic (exact) mass is 222 g/mol. The molecule has 0 amide bonds. The van der Waals surface area contributed by atoms with E-state index in [2.05, 4.69) is 0 Å². The van der Waals surface area contributed by atoms with Gasteiger partial charge in [0.25, 0.3) is 0 Å². The van der Waals surface area contributed by atoms with Gasteiger partial charge in [0.05, 0.1) is 6.54 Å². The molecule has 0 aliphatic carbocycles. The molecule has 1 heterocycles. The van der Waals surface area contributed by atoms with Crippen LogP contribution in [0.2, 0.25) is 0 Å². The van der Waals surface area contributed by atoms with Crippen molar-refractivity contribution in [3.05, 3.63) is 59.4 Å². The fourth-order valence-electron chi connectivity index (χ4n) is 1.62. The van der Waals surface area contributed by atoms with Crippen molar-refractivity contribution in [1.29, 1.82) is 0 Å². The van der Waals surface area contributed by atoms with Crippen LogP contribution in [-0.4, -0.2) is 4.57 Å². The average molecular weight is 222 g/mol. The molecule has 4 heteroatoms. The maximum absolute atomic E-state index is 13.4. The van der Waals surface area contributed by atoms with Crippen LogP contribution >= 0.6 is 0 Å². The quantitative estimate of drug-likeness (QED) is 0.848. The third-order valence-electron chi connectivity index (χ3n) is 2.49. The standard InChI is InChI=1S/C12H12F2N2/c13-10-4-3-9(12(14)6-10)8-16-5-1-2-11(16)7-15/h1-6H,7-8,15H2. The third kappa shape index (κ3) is 2.12. The Bertz CT molecular complexity index is 492. The smallest absolute Gasteiger partial charge is 0.131 e. The lowest BCUT2D eigenvalue weighted by molar-refractivity contribution is 0.564. The van der Waals surface area contributed by atoms with Gasteiger partial charge in [0.15, 0.2) is 0 Å². The number of hydrogen-bond acceptors (Lipinski definition) is 1. The first-order valence-corrected chi connectivity index (χ1v) is 4.98. The van der Waals surface area contributed by atoms with Gasteiger partial charge >= 0.3 is 0 Å². The minimum absolute atomic E-state index is 0.367. The molecule has 2 N–H and O–H groups in total. The Morgan fingerprint density at radius 3 is 2.69 bits per heavy atom. The largest absolute Gasteiger partial charge is 0.346 e. The van der Waals surface area contributed by atoms with Crippen LogP contribution in [0.4, 0.5) is 8.78 Å². The van der Waals surface area contributed by atoms with Crippen molar-refractivity contribution in [3.8, 4) is 0 Å². The van der Waals surface area contributed by atoms with Crippen LogP contribution < -0.4 is 5.73 Å². The normalized spacial score (nSPS) is 10.7. The molecule has 0 bridgehead atoms. The summed E-state index contributed by atoms with van der Waals surface area (Å²) in [7, 11) is 0. The van der Waals surface area contributed by atoms with Crippen molar-refractivity contribution >= 4 is 0 Å². The maximum Gasteiger partial charge on any atom is 0.131 e. The van der Waals surface area contributed by atoms with Crippen LogP contribution in [0.25, 0.3) is 0 Å². The number of nitrogens with two attached hydrogens (primary N) is 1. The molecular formula is C12H12F2N2. The zero-order valence-electron chi connectivity index (χ0n) is 8.66. The van der Waals surface area contributed by atoms with Crippen molar-refractivity contribution in [1.82, 2.24) is 4.57 Å². The van der Waals surface area contributed by atoms with Crippen LogP contribution in [-0.2, 0) is 13.1 Å². The first-order chi connectivity index (χ1) is 7.70. The second-order valence-corrected chi connectivity index (χ2v) is 3.57. The molecule has 0 aliphatic heterocycles. The van der Waals surface area contributed by atoms with Crippen molar-refractivity contribution in [2.75, 3.05) is 0 Å². The van der Waals surface area contributed by atoms with Gasteiger partial charge in [0.2, 0.25) is 0 Å². The van der Waals surface area contributed by atoms with Crippen LogP contribution in [0.5, 0.6) is 0 Å². The maximum atomic E-state index is 13.4. The summed E-state index contributed by atoms with van der Waals surface area (Å²) in [6, 6.07) is 7.32. The summed E-state index contributed by atoms with van der Waals surface area (Å²) >= 11 is 0. The van der Waals surface area contributed by atoms with Crippen LogP contribution in [0, 0.1) is 11.6 Å². The summed E-state index contributed by atoms with van der Waals surface area (Å²) in [6.45, 7) is 0.765. The molecule has 0 radical (unpaired) electrons. The predicted octanol–water partition coefficient (Wildman–Crippen LogP) is 2.27. The molecule has 1 aromatic carbocycles. The van der Waals surface area contributed by atoms with E-state index in [-0.39, 0.29) is 0 Å². The van der Waals surface area contributed by atoms with Gasteiger partial charge in [-0.3, -0.25) is 0 Å². The summed E-state index contributed by atoms with van der Waals surface area (Å²) in [5.41, 5.74) is 6.91. The topological polar surface area (TPSA) is 30.9 Å². The Kier molecular flexibility index (Phi) is 3.01. The Balaban J connectivity index is 2.27. The summed E-state index contributed by atoms with van der Waals surface area (Å²) in [6.07, 6.45) is 1.82. The van der Waals surface area contributed by atoms with Crippen molar-refractivity contribution < 1.29 is 8.78 Å². The number of benzene rings is 1. The van der Waals surface area contributed by atoms with Gasteiger partial charge in [-0.05, 0) is 18.2 Å². The van der Waals surface area contributed by atoms with E-state index in [1.165, 1.54) is 12.1 Å². The van der Waals surface area contributed by atoms with E-state index in [0.717, 1.165) is 11.8 Å². The van der Waals surface area contributed by atoms with E-state index in [0.29, 0.717) is 18.7 Å². The van der Waals surface area contributed by atoms with E-state index < -0.39 is 11.6 Å². The zero-order valence-corrected chi connectivity index (χ0v) is 8.66. The highest BCUT2D eigenvalue weighted by Gasteiger charge is 2.06. The molecule has 1 aromatic heterocycles. The highest BCUT2D eigenvalue weighted by atomic mass is 19.1. The molecule has 16 heavy (non-hydrogen) atoms. The molecule has 0 unspecified atom stereocenters. The lowest BCUT2D eigenvalue weighted by Crippen LogP contribution is -2.08. The van der Waals surface area contributed by atoms with Gasteiger partial charge in [-0.2, -0.15) is 0 Å². The Labute approximate surface area is 92.3 Å². The van der Waals surface area contributed by atoms with E-state index in [1.54, 1.807) is 0 Å². The van der Waals surface area contributed by atoms with Gasteiger partial charge in [0, 0.05) is 30.1 Å². The summed E-state index contributed by atoms with van der Waals surface area (Å²) in [4.78, 5) is 0. The van der Waals surface area contributed by atoms with Gasteiger partial charge in [0.1, 0.15) is 11.6 Å². The lowest BCUT2D eigenvalue weighted by Gasteiger charge is -2.08. The van der Waals surface area contributed by atoms with Crippen molar-refractivity contribution in [2.24, 2.45) is 5.73 Å². The molecule has 2 rings (SSSR count). The minimum atomic E-state index is -0.562. The van der Waals surface area contributed by atoms with E-state index in [9.17, 15) is 8.78 Å². The highest BCUT2D eigenvalue weighted by Crippen LogP contribution is 2.12. The van der Waals surface area contributed by atoms with Gasteiger partial charge in [-0.15, -0.1) is 0 Å². The van der Waals surface area contributed by atoms with Crippen molar-refractivity contribution in [3.63, 3.8) is 0 Å². The SMILES string of the molecule is NCc1cccn1Cc1ccc(F)cc1F. The van der Waals surface area contributed by atoms with E-state index in [4.69, 9.17) is 5.73 Å². The number of rotatable bonds is 3. The molecule has 84 valence electrons. The second kappa shape index (κ2) is 4.45. The third-order valence-corrected chi connectivity index (χ3v) is 2.49. The van der Waals surface area contributed by atoms with Gasteiger partial charge < -0.3 is 10.3 Å². The van der Waals surface area contributed by atoms with E-state index >= 15 is 0 Å². The molecule has 2 aromatic rings. The zero-order chi connectivity index (χ0) is 11.5. The molecule has 0 spiro atoms. The number of hydrogen-bond donors (Lipinski definition) is 1. The number of aromatic nitrogens is 1. The van der Waals surface area contributed by atoms with Crippen LogP contribution in [0.1, 0.15) is 11.3 Å². The van der Waals surface area contributed by atoms with E-state index in [1.807, 2.05) is 22.9 Å². The fraction of sp³-hybridized carbons (Fsp3) is 0.167. The first-order valence-electron chi connectivity index (χ1n) is 4.98. The van der Waals surface area contributed by atoms with Gasteiger partial charge in [-0.1, -0.05) is 6.07 Å². The predicted molar refractivity (Wildman–Crippen MR) is 57.8 cm³/mol. The summed E-state index contributed by atoms with van der Waals surface area (Å²) in [5, 5.41) is 0. The molecular weight excluding hydrogens is 210 g/mol. The van der Waals surface area contributed by atoms with Crippen LogP contribution in [0.15, 0.2) is 36.5 Å². The van der Waals surface area contributed by atoms with Crippen LogP contribution in [0.3, 0.4) is 0 Å². The Morgan fingerprint density at radius 2 is 2.00 bits per heavy atom. The molecule has 0 fully saturated rings. The number of halogens is 2. The fourth-order valence-corrected chi connectivity index (χ4v) is 1.62. The molecule has 0 saturated carbocycles. The summed E-state index contributed by atoms with van der Waals surface area (Å²) in [5.74, 6) is -1.09. The highest BCUT2D eigenvalue weighted by molar-refractivity contribution is 5.20. The molecule has 0 atom stereocenters. The molecule has 0 saturated heterocycles. The lowest BCUT2D eigenvalue weighted by atomic mass is 10.2. The average Bonchev–Trinajstić information content (AvgIpc) is 2.69. The number of nitrogens with zero attached hydrogens (tertiary/aromatic N) is 1. The second-order valence-electron chi connectivity index (χ2n) is 3.57. The summed E-state index contributed by atoms with van der Waals surface area (Å²) < 4.78 is 27.9. The van der Waals surface area contributed by atoms with Crippen molar-refractivity contribution in [2.45, 2.75) is 13.1 Å². The van der Waals surface area contributed by atoms with Gasteiger partial charge in [-0.25, -0.2) is 8.78 Å². The first kappa shape index (κ1) is 10.8.